The fourth-order valence-corrected chi connectivity index (χ4v) is 2.26. The van der Waals surface area contributed by atoms with E-state index in [1.165, 1.54) is 12.1 Å². The fourth-order valence-electron chi connectivity index (χ4n) is 2.26. The summed E-state index contributed by atoms with van der Waals surface area (Å²) in [6.45, 7) is 1.79. The first-order valence-corrected chi connectivity index (χ1v) is 7.02. The summed E-state index contributed by atoms with van der Waals surface area (Å²) in [5.74, 6) is 0.179. The van der Waals surface area contributed by atoms with Gasteiger partial charge in [0.05, 0.1) is 12.1 Å². The Morgan fingerprint density at radius 3 is 2.62 bits per heavy atom. The molecule has 0 radical (unpaired) electrons. The number of carbonyl (C=O) groups excluding carboxylic acids is 1. The minimum absolute atomic E-state index is 0.0893. The number of hydrogen-bond acceptors (Lipinski definition) is 4. The van der Waals surface area contributed by atoms with Crippen LogP contribution in [0, 0.1) is 5.82 Å². The van der Waals surface area contributed by atoms with E-state index in [1.807, 2.05) is 0 Å². The highest BCUT2D eigenvalue weighted by Crippen LogP contribution is 2.20. The highest BCUT2D eigenvalue weighted by molar-refractivity contribution is 5.86. The van der Waals surface area contributed by atoms with Crippen LogP contribution in [0.1, 0.15) is 12.8 Å². The zero-order chi connectivity index (χ0) is 15.3. The van der Waals surface area contributed by atoms with Crippen molar-refractivity contribution < 1.29 is 18.7 Å². The van der Waals surface area contributed by atoms with E-state index in [2.05, 4.69) is 0 Å². The summed E-state index contributed by atoms with van der Waals surface area (Å²) in [6, 6.07) is 5.78. The molecule has 116 valence electrons. The van der Waals surface area contributed by atoms with Crippen molar-refractivity contribution in [2.24, 2.45) is 5.73 Å². The molecule has 0 unspecified atom stereocenters. The van der Waals surface area contributed by atoms with Gasteiger partial charge in [0, 0.05) is 20.3 Å². The summed E-state index contributed by atoms with van der Waals surface area (Å²) >= 11 is 0. The molecule has 0 aliphatic carbocycles. The van der Waals surface area contributed by atoms with E-state index in [0.717, 1.165) is 0 Å². The van der Waals surface area contributed by atoms with E-state index in [0.29, 0.717) is 45.0 Å². The summed E-state index contributed by atoms with van der Waals surface area (Å²) in [6.07, 6.45) is 1.07. The zero-order valence-corrected chi connectivity index (χ0v) is 12.2. The molecule has 2 N–H and O–H groups in total. The molecule has 2 rings (SSSR count). The number of hydrogen-bond donors (Lipinski definition) is 1. The van der Waals surface area contributed by atoms with Gasteiger partial charge in [0.25, 0.3) is 0 Å². The van der Waals surface area contributed by atoms with Crippen LogP contribution in [0.5, 0.6) is 5.75 Å². The molecule has 1 aromatic rings. The summed E-state index contributed by atoms with van der Waals surface area (Å²) in [5, 5.41) is 0. The molecule has 1 aliphatic heterocycles. The molecule has 0 saturated carbocycles. The number of amides is 1. The first kappa shape index (κ1) is 15.7. The van der Waals surface area contributed by atoms with E-state index in [-0.39, 0.29) is 11.7 Å². The Morgan fingerprint density at radius 2 is 2.00 bits per heavy atom. The zero-order valence-electron chi connectivity index (χ0n) is 12.2. The quantitative estimate of drug-likeness (QED) is 0.886. The maximum absolute atomic E-state index is 12.8. The lowest BCUT2D eigenvalue weighted by molar-refractivity contribution is -0.139. The molecule has 0 spiro atoms. The fraction of sp³-hybridized carbons (Fsp3) is 0.533. The van der Waals surface area contributed by atoms with Crippen molar-refractivity contribution >= 4 is 5.91 Å². The van der Waals surface area contributed by atoms with Gasteiger partial charge in [0.15, 0.2) is 0 Å². The van der Waals surface area contributed by atoms with E-state index in [9.17, 15) is 9.18 Å². The van der Waals surface area contributed by atoms with E-state index in [1.54, 1.807) is 24.1 Å². The number of likely N-dealkylation sites (N-methyl/N-ethyl adjacent to an activating group) is 1. The van der Waals surface area contributed by atoms with Crippen LogP contribution in [-0.2, 0) is 9.53 Å². The van der Waals surface area contributed by atoms with Crippen LogP contribution in [0.3, 0.4) is 0 Å². The summed E-state index contributed by atoms with van der Waals surface area (Å²) < 4.78 is 23.5. The predicted molar refractivity (Wildman–Crippen MR) is 76.5 cm³/mol. The average molecular weight is 296 g/mol. The van der Waals surface area contributed by atoms with Gasteiger partial charge in [-0.05, 0) is 37.1 Å². The molecule has 21 heavy (non-hydrogen) atoms. The maximum atomic E-state index is 12.8. The highest BCUT2D eigenvalue weighted by atomic mass is 19.1. The molecule has 1 aromatic carbocycles. The average Bonchev–Trinajstić information content (AvgIpc) is 2.49. The Kier molecular flexibility index (Phi) is 5.14. The van der Waals surface area contributed by atoms with Gasteiger partial charge in [-0.3, -0.25) is 4.79 Å². The SMILES string of the molecule is CN(CCOc1ccc(F)cc1)C(=O)C1(N)CCOCC1. The van der Waals surface area contributed by atoms with Gasteiger partial charge in [-0.25, -0.2) is 4.39 Å². The molecule has 0 bridgehead atoms. The third-order valence-electron chi connectivity index (χ3n) is 3.67. The van der Waals surface area contributed by atoms with Gasteiger partial charge in [-0.1, -0.05) is 0 Å². The second-order valence-electron chi connectivity index (χ2n) is 5.30. The monoisotopic (exact) mass is 296 g/mol. The lowest BCUT2D eigenvalue weighted by atomic mass is 9.90. The topological polar surface area (TPSA) is 64.8 Å². The van der Waals surface area contributed by atoms with E-state index in [4.69, 9.17) is 15.2 Å². The number of carbonyl (C=O) groups is 1. The van der Waals surface area contributed by atoms with Gasteiger partial charge in [-0.15, -0.1) is 0 Å². The Bertz CT molecular complexity index is 472. The van der Waals surface area contributed by atoms with Crippen LogP contribution < -0.4 is 10.5 Å². The normalized spacial score (nSPS) is 17.3. The first-order chi connectivity index (χ1) is 10.0. The lowest BCUT2D eigenvalue weighted by Crippen LogP contribution is -2.57. The molecule has 0 atom stereocenters. The van der Waals surface area contributed by atoms with Gasteiger partial charge in [-0.2, -0.15) is 0 Å². The summed E-state index contributed by atoms with van der Waals surface area (Å²) in [4.78, 5) is 13.9. The molecule has 1 fully saturated rings. The van der Waals surface area contributed by atoms with Crippen molar-refractivity contribution in [2.45, 2.75) is 18.4 Å². The van der Waals surface area contributed by atoms with E-state index < -0.39 is 5.54 Å². The molecular formula is C15H21FN2O3. The molecule has 1 saturated heterocycles. The lowest BCUT2D eigenvalue weighted by Gasteiger charge is -2.35. The summed E-state index contributed by atoms with van der Waals surface area (Å²) in [7, 11) is 1.71. The smallest absolute Gasteiger partial charge is 0.242 e. The molecule has 1 amide bonds. The second kappa shape index (κ2) is 6.87. The van der Waals surface area contributed by atoms with Crippen LogP contribution in [0.25, 0.3) is 0 Å². The Morgan fingerprint density at radius 1 is 1.38 bits per heavy atom. The predicted octanol–water partition coefficient (Wildman–Crippen LogP) is 1.17. The molecule has 6 heteroatoms. The van der Waals surface area contributed by atoms with Crippen molar-refractivity contribution in [3.8, 4) is 5.75 Å². The van der Waals surface area contributed by atoms with Crippen molar-refractivity contribution in [1.29, 1.82) is 0 Å². The number of rotatable bonds is 5. The van der Waals surface area contributed by atoms with E-state index >= 15 is 0 Å². The molecular weight excluding hydrogens is 275 g/mol. The maximum Gasteiger partial charge on any atom is 0.242 e. The van der Waals surface area contributed by atoms with Crippen molar-refractivity contribution in [3.05, 3.63) is 30.1 Å². The largest absolute Gasteiger partial charge is 0.492 e. The van der Waals surface area contributed by atoms with Gasteiger partial charge in [0.1, 0.15) is 18.2 Å². The number of halogens is 1. The van der Waals surface area contributed by atoms with Gasteiger partial charge >= 0.3 is 0 Å². The van der Waals surface area contributed by atoms with Crippen LogP contribution in [0.4, 0.5) is 4.39 Å². The van der Waals surface area contributed by atoms with Crippen LogP contribution in [0.2, 0.25) is 0 Å². The van der Waals surface area contributed by atoms with Gasteiger partial charge < -0.3 is 20.1 Å². The van der Waals surface area contributed by atoms with Gasteiger partial charge in [0.2, 0.25) is 5.91 Å². The van der Waals surface area contributed by atoms with Crippen LogP contribution >= 0.6 is 0 Å². The second-order valence-corrected chi connectivity index (χ2v) is 5.30. The van der Waals surface area contributed by atoms with Crippen molar-refractivity contribution in [1.82, 2.24) is 4.90 Å². The minimum atomic E-state index is -0.830. The van der Waals surface area contributed by atoms with Crippen molar-refractivity contribution in [2.75, 3.05) is 33.4 Å². The minimum Gasteiger partial charge on any atom is -0.492 e. The van der Waals surface area contributed by atoms with Crippen LogP contribution in [0.15, 0.2) is 24.3 Å². The van der Waals surface area contributed by atoms with Crippen LogP contribution in [-0.4, -0.2) is 49.8 Å². The van der Waals surface area contributed by atoms with Crippen molar-refractivity contribution in [3.63, 3.8) is 0 Å². The Hall–Kier alpha value is -1.66. The molecule has 0 aromatic heterocycles. The third kappa shape index (κ3) is 4.15. The number of nitrogens with two attached hydrogens (primary N) is 1. The number of ether oxygens (including phenoxy) is 2. The Balaban J connectivity index is 1.79. The Labute approximate surface area is 123 Å². The number of benzene rings is 1. The first-order valence-electron chi connectivity index (χ1n) is 7.02. The number of nitrogens with zero attached hydrogens (tertiary/aromatic N) is 1. The molecule has 1 aliphatic rings. The molecule has 5 nitrogen and oxygen atoms in total. The third-order valence-corrected chi connectivity index (χ3v) is 3.67. The molecule has 1 heterocycles. The standard InChI is InChI=1S/C15H21FN2O3/c1-18(14(19)15(17)6-9-20-10-7-15)8-11-21-13-4-2-12(16)3-5-13/h2-5H,6-11,17H2,1H3. The highest BCUT2D eigenvalue weighted by Gasteiger charge is 2.37. The summed E-state index contributed by atoms with van der Waals surface area (Å²) in [5.41, 5.74) is 5.32.